The molecular formula is C20H19N3O2. The summed E-state index contributed by atoms with van der Waals surface area (Å²) in [6.45, 7) is 1.89. The van der Waals surface area contributed by atoms with E-state index in [0.717, 1.165) is 36.9 Å². The summed E-state index contributed by atoms with van der Waals surface area (Å²) in [5.41, 5.74) is 2.93. The fourth-order valence-electron chi connectivity index (χ4n) is 3.24. The number of amides is 1. The molecule has 0 saturated heterocycles. The van der Waals surface area contributed by atoms with E-state index in [1.165, 1.54) is 6.07 Å². The standard InChI is InChI=1S/C20H19N3O2/c1-12-8-19(24)18(11-23(12)16-5-6-16)20(25)22-15-4-7-17(13-2-3-13)14(9-15)10-21/h4,7-9,11,13,16H,2-3,5-6H2,1H3,(H,22,25). The molecule has 1 aromatic heterocycles. The largest absolute Gasteiger partial charge is 0.348 e. The quantitative estimate of drug-likeness (QED) is 0.930. The summed E-state index contributed by atoms with van der Waals surface area (Å²) in [5, 5.41) is 12.1. The molecule has 0 unspecified atom stereocenters. The van der Waals surface area contributed by atoms with Crippen LogP contribution in [0.25, 0.3) is 0 Å². The van der Waals surface area contributed by atoms with Gasteiger partial charge >= 0.3 is 0 Å². The molecule has 126 valence electrons. The predicted molar refractivity (Wildman–Crippen MR) is 94.8 cm³/mol. The van der Waals surface area contributed by atoms with Crippen molar-refractivity contribution in [1.82, 2.24) is 4.57 Å². The van der Waals surface area contributed by atoms with E-state index in [0.29, 0.717) is 23.2 Å². The number of nitrogens with one attached hydrogen (secondary N) is 1. The Morgan fingerprint density at radius 1 is 1.24 bits per heavy atom. The topological polar surface area (TPSA) is 74.9 Å². The first-order chi connectivity index (χ1) is 12.1. The molecule has 2 aromatic rings. The number of anilines is 1. The zero-order valence-electron chi connectivity index (χ0n) is 14.1. The zero-order valence-corrected chi connectivity index (χ0v) is 14.1. The molecule has 1 heterocycles. The highest BCUT2D eigenvalue weighted by Crippen LogP contribution is 2.42. The lowest BCUT2D eigenvalue weighted by Gasteiger charge is -2.12. The van der Waals surface area contributed by atoms with Gasteiger partial charge in [-0.25, -0.2) is 0 Å². The summed E-state index contributed by atoms with van der Waals surface area (Å²) in [5.74, 6) is 0.0460. The van der Waals surface area contributed by atoms with Gasteiger partial charge in [0, 0.05) is 29.7 Å². The Balaban J connectivity index is 1.61. The highest BCUT2D eigenvalue weighted by Gasteiger charge is 2.27. The number of nitrogens with zero attached hydrogens (tertiary/aromatic N) is 2. The maximum atomic E-state index is 12.6. The second kappa shape index (κ2) is 5.89. The van der Waals surface area contributed by atoms with Crippen LogP contribution in [0.4, 0.5) is 5.69 Å². The number of pyridine rings is 1. The van der Waals surface area contributed by atoms with Gasteiger partial charge in [0.05, 0.1) is 11.6 Å². The zero-order chi connectivity index (χ0) is 17.6. The highest BCUT2D eigenvalue weighted by molar-refractivity contribution is 6.04. The fraction of sp³-hybridized carbons (Fsp3) is 0.350. The van der Waals surface area contributed by atoms with E-state index in [-0.39, 0.29) is 11.0 Å². The van der Waals surface area contributed by atoms with Gasteiger partial charge in [0.1, 0.15) is 5.56 Å². The molecule has 0 aliphatic heterocycles. The average molecular weight is 333 g/mol. The maximum Gasteiger partial charge on any atom is 0.261 e. The van der Waals surface area contributed by atoms with Crippen molar-refractivity contribution in [3.8, 4) is 6.07 Å². The van der Waals surface area contributed by atoms with Crippen molar-refractivity contribution in [2.45, 2.75) is 44.6 Å². The van der Waals surface area contributed by atoms with Crippen LogP contribution in [0, 0.1) is 18.3 Å². The van der Waals surface area contributed by atoms with E-state index in [9.17, 15) is 14.9 Å². The van der Waals surface area contributed by atoms with E-state index in [1.54, 1.807) is 18.3 Å². The van der Waals surface area contributed by atoms with Gasteiger partial charge in [0.15, 0.2) is 5.43 Å². The molecule has 0 atom stereocenters. The molecular weight excluding hydrogens is 314 g/mol. The smallest absolute Gasteiger partial charge is 0.261 e. The van der Waals surface area contributed by atoms with Crippen molar-refractivity contribution >= 4 is 11.6 Å². The third kappa shape index (κ3) is 3.08. The van der Waals surface area contributed by atoms with Gasteiger partial charge in [-0.05, 0) is 56.2 Å². The summed E-state index contributed by atoms with van der Waals surface area (Å²) >= 11 is 0. The summed E-state index contributed by atoms with van der Waals surface area (Å²) < 4.78 is 2.01. The highest BCUT2D eigenvalue weighted by atomic mass is 16.2. The van der Waals surface area contributed by atoms with E-state index in [1.807, 2.05) is 17.6 Å². The molecule has 2 aliphatic rings. The van der Waals surface area contributed by atoms with Gasteiger partial charge in [0.25, 0.3) is 5.91 Å². The Labute approximate surface area is 145 Å². The van der Waals surface area contributed by atoms with Crippen LogP contribution in [-0.2, 0) is 0 Å². The summed E-state index contributed by atoms with van der Waals surface area (Å²) in [6, 6.07) is 9.53. The van der Waals surface area contributed by atoms with Crippen LogP contribution in [0.3, 0.4) is 0 Å². The van der Waals surface area contributed by atoms with Crippen LogP contribution < -0.4 is 10.7 Å². The van der Waals surface area contributed by atoms with Gasteiger partial charge in [-0.1, -0.05) is 6.07 Å². The molecule has 2 saturated carbocycles. The predicted octanol–water partition coefficient (Wildman–Crippen LogP) is 3.49. The first kappa shape index (κ1) is 15.6. The van der Waals surface area contributed by atoms with Crippen molar-refractivity contribution in [1.29, 1.82) is 5.26 Å². The third-order valence-electron chi connectivity index (χ3n) is 4.91. The lowest BCUT2D eigenvalue weighted by molar-refractivity contribution is 0.102. The van der Waals surface area contributed by atoms with E-state index < -0.39 is 5.91 Å². The Morgan fingerprint density at radius 2 is 2.00 bits per heavy atom. The van der Waals surface area contributed by atoms with Gasteiger partial charge in [-0.15, -0.1) is 0 Å². The van der Waals surface area contributed by atoms with Crippen LogP contribution in [0.15, 0.2) is 35.3 Å². The Kier molecular flexibility index (Phi) is 3.69. The molecule has 2 fully saturated rings. The monoisotopic (exact) mass is 333 g/mol. The third-order valence-corrected chi connectivity index (χ3v) is 4.91. The number of hydrogen-bond acceptors (Lipinski definition) is 3. The average Bonchev–Trinajstić information content (AvgIpc) is 3.47. The maximum absolute atomic E-state index is 12.6. The second-order valence-corrected chi connectivity index (χ2v) is 6.97. The molecule has 0 radical (unpaired) electrons. The summed E-state index contributed by atoms with van der Waals surface area (Å²) in [6.07, 6.45) is 6.06. The van der Waals surface area contributed by atoms with Crippen LogP contribution >= 0.6 is 0 Å². The van der Waals surface area contributed by atoms with Crippen LogP contribution in [-0.4, -0.2) is 10.5 Å². The van der Waals surface area contributed by atoms with Gasteiger partial charge in [-0.3, -0.25) is 9.59 Å². The van der Waals surface area contributed by atoms with Gasteiger partial charge in [0.2, 0.25) is 0 Å². The lowest BCUT2D eigenvalue weighted by atomic mass is 10.0. The van der Waals surface area contributed by atoms with E-state index >= 15 is 0 Å². The molecule has 0 bridgehead atoms. The van der Waals surface area contributed by atoms with Crippen LogP contribution in [0.5, 0.6) is 0 Å². The van der Waals surface area contributed by atoms with Crippen molar-refractivity contribution in [3.05, 3.63) is 63.1 Å². The number of aryl methyl sites for hydroxylation is 1. The molecule has 1 N–H and O–H groups in total. The number of carbonyl (C=O) groups excluding carboxylic acids is 1. The molecule has 5 nitrogen and oxygen atoms in total. The normalized spacial score (nSPS) is 16.3. The van der Waals surface area contributed by atoms with Crippen molar-refractivity contribution in [2.75, 3.05) is 5.32 Å². The minimum atomic E-state index is -0.428. The van der Waals surface area contributed by atoms with Crippen LogP contribution in [0.2, 0.25) is 0 Å². The van der Waals surface area contributed by atoms with Crippen molar-refractivity contribution < 1.29 is 4.79 Å². The lowest BCUT2D eigenvalue weighted by Crippen LogP contribution is -2.23. The molecule has 1 aromatic carbocycles. The molecule has 5 heteroatoms. The Morgan fingerprint density at radius 3 is 2.64 bits per heavy atom. The summed E-state index contributed by atoms with van der Waals surface area (Å²) in [7, 11) is 0. The Bertz CT molecular complexity index is 960. The Hall–Kier alpha value is -2.87. The number of hydrogen-bond donors (Lipinski definition) is 1. The molecule has 0 spiro atoms. The number of rotatable bonds is 4. The number of benzene rings is 1. The molecule has 25 heavy (non-hydrogen) atoms. The minimum absolute atomic E-state index is 0.141. The molecule has 1 amide bonds. The molecule has 4 rings (SSSR count). The number of nitriles is 1. The van der Waals surface area contributed by atoms with E-state index in [4.69, 9.17) is 0 Å². The van der Waals surface area contributed by atoms with Crippen molar-refractivity contribution in [2.24, 2.45) is 0 Å². The first-order valence-electron chi connectivity index (χ1n) is 8.65. The number of carbonyl (C=O) groups is 1. The second-order valence-electron chi connectivity index (χ2n) is 6.97. The fourth-order valence-corrected chi connectivity index (χ4v) is 3.24. The van der Waals surface area contributed by atoms with Gasteiger partial charge < -0.3 is 9.88 Å². The summed E-state index contributed by atoms with van der Waals surface area (Å²) in [4.78, 5) is 24.8. The van der Waals surface area contributed by atoms with Crippen LogP contribution in [0.1, 0.15) is 64.8 Å². The van der Waals surface area contributed by atoms with Gasteiger partial charge in [-0.2, -0.15) is 5.26 Å². The first-order valence-corrected chi connectivity index (χ1v) is 8.65. The number of aromatic nitrogens is 1. The minimum Gasteiger partial charge on any atom is -0.348 e. The SMILES string of the molecule is Cc1cc(=O)c(C(=O)Nc2ccc(C3CC3)c(C#N)c2)cn1C1CC1. The van der Waals surface area contributed by atoms with E-state index in [2.05, 4.69) is 11.4 Å². The molecule has 2 aliphatic carbocycles. The van der Waals surface area contributed by atoms with Crippen molar-refractivity contribution in [3.63, 3.8) is 0 Å².